The number of nitrogens with zero attached hydrogens (tertiary/aromatic N) is 2. The van der Waals surface area contributed by atoms with Crippen LogP contribution in [0.3, 0.4) is 0 Å². The third-order valence-corrected chi connectivity index (χ3v) is 2.74. The summed E-state index contributed by atoms with van der Waals surface area (Å²) in [6, 6.07) is 5.80. The summed E-state index contributed by atoms with van der Waals surface area (Å²) in [5.41, 5.74) is 1.79. The van der Waals surface area contributed by atoms with Crippen molar-refractivity contribution in [2.24, 2.45) is 0 Å². The highest BCUT2D eigenvalue weighted by Gasteiger charge is 2.09. The lowest BCUT2D eigenvalue weighted by molar-refractivity contribution is 0.101. The van der Waals surface area contributed by atoms with Gasteiger partial charge >= 0.3 is 0 Å². The maximum atomic E-state index is 11.7. The van der Waals surface area contributed by atoms with Crippen LogP contribution in [0, 0.1) is 10.5 Å². The van der Waals surface area contributed by atoms with E-state index in [0.29, 0.717) is 0 Å². The third kappa shape index (κ3) is 2.38. The standard InChI is InChI=1S/C10H9IN4O/c1-6-4-7(11)2-3-8(6)14-10(16)9-12-5-13-15-9/h2-5H,1H3,(H,14,16)(H,12,13,15). The number of halogens is 1. The Hall–Kier alpha value is -1.44. The van der Waals surface area contributed by atoms with Gasteiger partial charge in [-0.05, 0) is 53.3 Å². The van der Waals surface area contributed by atoms with Crippen molar-refractivity contribution in [3.63, 3.8) is 0 Å². The van der Waals surface area contributed by atoms with Crippen molar-refractivity contribution in [3.05, 3.63) is 39.5 Å². The molecule has 0 fully saturated rings. The normalized spacial score (nSPS) is 10.1. The van der Waals surface area contributed by atoms with Crippen molar-refractivity contribution >= 4 is 34.2 Å². The van der Waals surface area contributed by atoms with Crippen LogP contribution in [0.4, 0.5) is 5.69 Å². The number of rotatable bonds is 2. The van der Waals surface area contributed by atoms with E-state index in [9.17, 15) is 4.79 Å². The van der Waals surface area contributed by atoms with Crippen molar-refractivity contribution in [2.75, 3.05) is 5.32 Å². The van der Waals surface area contributed by atoms with E-state index < -0.39 is 0 Å². The summed E-state index contributed by atoms with van der Waals surface area (Å²) < 4.78 is 1.13. The zero-order valence-corrected chi connectivity index (χ0v) is 10.6. The number of aromatic nitrogens is 3. The second-order valence-corrected chi connectivity index (χ2v) is 4.49. The lowest BCUT2D eigenvalue weighted by Gasteiger charge is -2.06. The Labute approximate surface area is 106 Å². The molecule has 6 heteroatoms. The predicted molar refractivity (Wildman–Crippen MR) is 68.2 cm³/mol. The summed E-state index contributed by atoms with van der Waals surface area (Å²) in [6.45, 7) is 1.94. The van der Waals surface area contributed by atoms with Gasteiger partial charge in [-0.3, -0.25) is 9.89 Å². The molecule has 0 saturated heterocycles. The van der Waals surface area contributed by atoms with E-state index in [2.05, 4.69) is 43.1 Å². The fourth-order valence-corrected chi connectivity index (χ4v) is 1.91. The topological polar surface area (TPSA) is 70.7 Å². The summed E-state index contributed by atoms with van der Waals surface area (Å²) in [6.07, 6.45) is 1.30. The number of carbonyl (C=O) groups is 1. The third-order valence-electron chi connectivity index (χ3n) is 2.07. The molecule has 16 heavy (non-hydrogen) atoms. The predicted octanol–water partition coefficient (Wildman–Crippen LogP) is 1.97. The highest BCUT2D eigenvalue weighted by molar-refractivity contribution is 14.1. The average molecular weight is 328 g/mol. The number of hydrogen-bond donors (Lipinski definition) is 2. The molecule has 0 atom stereocenters. The van der Waals surface area contributed by atoms with E-state index in [4.69, 9.17) is 0 Å². The van der Waals surface area contributed by atoms with Gasteiger partial charge in [0.15, 0.2) is 0 Å². The van der Waals surface area contributed by atoms with E-state index in [0.717, 1.165) is 14.8 Å². The molecular formula is C10H9IN4O. The van der Waals surface area contributed by atoms with Gasteiger partial charge in [-0.1, -0.05) is 0 Å². The monoisotopic (exact) mass is 328 g/mol. The maximum Gasteiger partial charge on any atom is 0.292 e. The van der Waals surface area contributed by atoms with Crippen molar-refractivity contribution in [1.82, 2.24) is 15.2 Å². The molecule has 1 aromatic carbocycles. The second kappa shape index (κ2) is 4.60. The van der Waals surface area contributed by atoms with Crippen LogP contribution in [-0.2, 0) is 0 Å². The highest BCUT2D eigenvalue weighted by Crippen LogP contribution is 2.17. The Morgan fingerprint density at radius 1 is 1.50 bits per heavy atom. The van der Waals surface area contributed by atoms with Gasteiger partial charge in [0.05, 0.1) is 0 Å². The van der Waals surface area contributed by atoms with Crippen LogP contribution < -0.4 is 5.32 Å². The van der Waals surface area contributed by atoms with Gasteiger partial charge in [0.25, 0.3) is 5.91 Å². The SMILES string of the molecule is Cc1cc(I)ccc1NC(=O)c1ncn[nH]1. The molecule has 0 saturated carbocycles. The number of carbonyl (C=O) groups excluding carboxylic acids is 1. The van der Waals surface area contributed by atoms with E-state index >= 15 is 0 Å². The quantitative estimate of drug-likeness (QED) is 0.828. The molecule has 0 radical (unpaired) electrons. The minimum atomic E-state index is -0.290. The first-order valence-corrected chi connectivity index (χ1v) is 5.67. The Morgan fingerprint density at radius 2 is 2.31 bits per heavy atom. The first-order valence-electron chi connectivity index (χ1n) is 4.59. The van der Waals surface area contributed by atoms with Crippen LogP contribution in [0.1, 0.15) is 16.2 Å². The molecule has 1 aromatic heterocycles. The zero-order valence-electron chi connectivity index (χ0n) is 8.49. The molecule has 2 N–H and O–H groups in total. The summed E-state index contributed by atoms with van der Waals surface area (Å²) >= 11 is 2.23. The molecule has 0 aliphatic rings. The van der Waals surface area contributed by atoms with Crippen LogP contribution in [0.25, 0.3) is 0 Å². The van der Waals surface area contributed by atoms with E-state index in [-0.39, 0.29) is 11.7 Å². The molecule has 2 aromatic rings. The summed E-state index contributed by atoms with van der Waals surface area (Å²) in [5.74, 6) is -0.0836. The van der Waals surface area contributed by atoms with Crippen LogP contribution in [0.15, 0.2) is 24.5 Å². The molecule has 1 heterocycles. The van der Waals surface area contributed by atoms with Gasteiger partial charge in [-0.25, -0.2) is 4.98 Å². The first-order chi connectivity index (χ1) is 7.66. The molecule has 0 unspecified atom stereocenters. The molecule has 5 nitrogen and oxygen atoms in total. The highest BCUT2D eigenvalue weighted by atomic mass is 127. The number of H-pyrrole nitrogens is 1. The van der Waals surface area contributed by atoms with Crippen molar-refractivity contribution in [3.8, 4) is 0 Å². The van der Waals surface area contributed by atoms with Crippen molar-refractivity contribution in [1.29, 1.82) is 0 Å². The number of hydrogen-bond acceptors (Lipinski definition) is 3. The van der Waals surface area contributed by atoms with Gasteiger partial charge in [0, 0.05) is 9.26 Å². The van der Waals surface area contributed by atoms with Gasteiger partial charge < -0.3 is 5.32 Å². The number of nitrogens with one attached hydrogen (secondary N) is 2. The fourth-order valence-electron chi connectivity index (χ4n) is 1.26. The average Bonchev–Trinajstić information content (AvgIpc) is 2.75. The molecule has 82 valence electrons. The summed E-state index contributed by atoms with van der Waals surface area (Å²) in [5, 5.41) is 8.90. The number of anilines is 1. The number of aromatic amines is 1. The Bertz CT molecular complexity index is 510. The summed E-state index contributed by atoms with van der Waals surface area (Å²) in [7, 11) is 0. The summed E-state index contributed by atoms with van der Waals surface area (Å²) in [4.78, 5) is 15.4. The number of amides is 1. The number of benzene rings is 1. The van der Waals surface area contributed by atoms with Crippen LogP contribution in [-0.4, -0.2) is 21.1 Å². The Morgan fingerprint density at radius 3 is 2.94 bits per heavy atom. The van der Waals surface area contributed by atoms with Gasteiger partial charge in [-0.2, -0.15) is 5.10 Å². The molecular weight excluding hydrogens is 319 g/mol. The van der Waals surface area contributed by atoms with Gasteiger partial charge in [-0.15, -0.1) is 0 Å². The molecule has 0 spiro atoms. The van der Waals surface area contributed by atoms with Crippen LogP contribution >= 0.6 is 22.6 Å². The molecule has 1 amide bonds. The second-order valence-electron chi connectivity index (χ2n) is 3.25. The largest absolute Gasteiger partial charge is 0.319 e. The van der Waals surface area contributed by atoms with Crippen molar-refractivity contribution < 1.29 is 4.79 Å². The molecule has 0 aliphatic heterocycles. The van der Waals surface area contributed by atoms with Crippen LogP contribution in [0.5, 0.6) is 0 Å². The lowest BCUT2D eigenvalue weighted by Crippen LogP contribution is -2.14. The minimum Gasteiger partial charge on any atom is -0.319 e. The van der Waals surface area contributed by atoms with E-state index in [1.54, 1.807) is 0 Å². The minimum absolute atomic E-state index is 0.206. The van der Waals surface area contributed by atoms with Gasteiger partial charge in [0.2, 0.25) is 5.82 Å². The van der Waals surface area contributed by atoms with E-state index in [1.165, 1.54) is 6.33 Å². The maximum absolute atomic E-state index is 11.7. The smallest absolute Gasteiger partial charge is 0.292 e. The lowest BCUT2D eigenvalue weighted by atomic mass is 10.2. The van der Waals surface area contributed by atoms with Crippen molar-refractivity contribution in [2.45, 2.75) is 6.92 Å². The van der Waals surface area contributed by atoms with Crippen LogP contribution in [0.2, 0.25) is 0 Å². The van der Waals surface area contributed by atoms with Gasteiger partial charge in [0.1, 0.15) is 6.33 Å². The fraction of sp³-hybridized carbons (Fsp3) is 0.100. The molecule has 0 aliphatic carbocycles. The number of aryl methyl sites for hydroxylation is 1. The Balaban J connectivity index is 2.18. The molecule has 2 rings (SSSR count). The zero-order chi connectivity index (χ0) is 11.5. The van der Waals surface area contributed by atoms with E-state index in [1.807, 2.05) is 25.1 Å². The first kappa shape index (κ1) is 11.1. The Kier molecular flexibility index (Phi) is 3.18. The molecule has 0 bridgehead atoms.